The molecule has 124 valence electrons. The van der Waals surface area contributed by atoms with Gasteiger partial charge >= 0.3 is 0 Å². The standard InChI is InChI=1S/C19H22N4O/c1-2-8-19(24-16-17-6-3-9-20-14-17)18(7-1)15-21-10-4-12-23-13-5-11-22-23/h1-3,5-9,11,13-14,21H,4,10,12,15-16H2. The van der Waals surface area contributed by atoms with Gasteiger partial charge in [-0.1, -0.05) is 24.3 Å². The van der Waals surface area contributed by atoms with E-state index in [4.69, 9.17) is 4.74 Å². The Balaban J connectivity index is 1.45. The number of rotatable bonds is 9. The van der Waals surface area contributed by atoms with Gasteiger partial charge in [-0.05, 0) is 31.2 Å². The van der Waals surface area contributed by atoms with Crippen LogP contribution < -0.4 is 10.1 Å². The second-order valence-electron chi connectivity index (χ2n) is 5.56. The summed E-state index contributed by atoms with van der Waals surface area (Å²) in [5.41, 5.74) is 2.24. The number of benzene rings is 1. The van der Waals surface area contributed by atoms with Gasteiger partial charge in [0, 0.05) is 49.0 Å². The van der Waals surface area contributed by atoms with E-state index in [-0.39, 0.29) is 0 Å². The highest BCUT2D eigenvalue weighted by Gasteiger charge is 2.03. The lowest BCUT2D eigenvalue weighted by Gasteiger charge is -2.12. The quantitative estimate of drug-likeness (QED) is 0.615. The number of pyridine rings is 1. The molecular weight excluding hydrogens is 300 g/mol. The van der Waals surface area contributed by atoms with Crippen LogP contribution in [0.2, 0.25) is 0 Å². The fraction of sp³-hybridized carbons (Fsp3) is 0.263. The lowest BCUT2D eigenvalue weighted by atomic mass is 10.2. The van der Waals surface area contributed by atoms with Crippen LogP contribution in [0.3, 0.4) is 0 Å². The third kappa shape index (κ3) is 4.93. The molecule has 0 bridgehead atoms. The van der Waals surface area contributed by atoms with Crippen molar-refractivity contribution in [3.8, 4) is 5.75 Å². The highest BCUT2D eigenvalue weighted by Crippen LogP contribution is 2.19. The molecule has 0 spiro atoms. The molecule has 0 amide bonds. The van der Waals surface area contributed by atoms with E-state index in [1.165, 1.54) is 5.56 Å². The number of para-hydroxylation sites is 1. The molecule has 0 radical (unpaired) electrons. The van der Waals surface area contributed by atoms with E-state index in [2.05, 4.69) is 21.5 Å². The van der Waals surface area contributed by atoms with Crippen LogP contribution in [0.25, 0.3) is 0 Å². The smallest absolute Gasteiger partial charge is 0.124 e. The Morgan fingerprint density at radius 2 is 2.00 bits per heavy atom. The molecule has 1 N–H and O–H groups in total. The Morgan fingerprint density at radius 1 is 1.04 bits per heavy atom. The van der Waals surface area contributed by atoms with Crippen molar-refractivity contribution in [1.82, 2.24) is 20.1 Å². The first-order valence-electron chi connectivity index (χ1n) is 8.19. The fourth-order valence-corrected chi connectivity index (χ4v) is 2.46. The maximum Gasteiger partial charge on any atom is 0.124 e. The summed E-state index contributed by atoms with van der Waals surface area (Å²) < 4.78 is 7.90. The monoisotopic (exact) mass is 322 g/mol. The van der Waals surface area contributed by atoms with Crippen LogP contribution in [0.1, 0.15) is 17.5 Å². The summed E-state index contributed by atoms with van der Waals surface area (Å²) in [6.07, 6.45) is 8.44. The highest BCUT2D eigenvalue weighted by atomic mass is 16.5. The molecule has 1 aromatic carbocycles. The minimum atomic E-state index is 0.532. The largest absolute Gasteiger partial charge is 0.489 e. The number of nitrogens with zero attached hydrogens (tertiary/aromatic N) is 3. The summed E-state index contributed by atoms with van der Waals surface area (Å²) in [5, 5.41) is 7.67. The van der Waals surface area contributed by atoms with E-state index >= 15 is 0 Å². The van der Waals surface area contributed by atoms with Gasteiger partial charge in [0.25, 0.3) is 0 Å². The Morgan fingerprint density at radius 3 is 2.83 bits per heavy atom. The van der Waals surface area contributed by atoms with Gasteiger partial charge in [-0.25, -0.2) is 0 Å². The number of hydrogen-bond donors (Lipinski definition) is 1. The van der Waals surface area contributed by atoms with Crippen LogP contribution >= 0.6 is 0 Å². The molecule has 5 heteroatoms. The third-order valence-corrected chi connectivity index (χ3v) is 3.71. The molecule has 0 atom stereocenters. The van der Waals surface area contributed by atoms with Gasteiger partial charge in [-0.3, -0.25) is 9.67 Å². The van der Waals surface area contributed by atoms with E-state index in [9.17, 15) is 0 Å². The van der Waals surface area contributed by atoms with Gasteiger partial charge in [0.05, 0.1) is 0 Å². The van der Waals surface area contributed by atoms with Gasteiger partial charge in [-0.15, -0.1) is 0 Å². The molecule has 2 aromatic heterocycles. The molecule has 5 nitrogen and oxygen atoms in total. The zero-order valence-corrected chi connectivity index (χ0v) is 13.6. The normalized spacial score (nSPS) is 10.7. The van der Waals surface area contributed by atoms with Gasteiger partial charge < -0.3 is 10.1 Å². The van der Waals surface area contributed by atoms with Crippen molar-refractivity contribution < 1.29 is 4.74 Å². The average Bonchev–Trinajstić information content (AvgIpc) is 3.15. The van der Waals surface area contributed by atoms with E-state index in [1.807, 2.05) is 59.7 Å². The first-order valence-corrected chi connectivity index (χ1v) is 8.19. The van der Waals surface area contributed by atoms with E-state index in [1.54, 1.807) is 6.20 Å². The van der Waals surface area contributed by atoms with Crippen LogP contribution in [-0.2, 0) is 19.7 Å². The predicted molar refractivity (Wildman–Crippen MR) is 93.6 cm³/mol. The Kier molecular flexibility index (Phi) is 5.97. The summed E-state index contributed by atoms with van der Waals surface area (Å²) in [5.74, 6) is 0.918. The molecule has 0 saturated heterocycles. The van der Waals surface area contributed by atoms with Crippen molar-refractivity contribution in [3.63, 3.8) is 0 Å². The van der Waals surface area contributed by atoms with Crippen molar-refractivity contribution >= 4 is 0 Å². The topological polar surface area (TPSA) is 52.0 Å². The van der Waals surface area contributed by atoms with Crippen LogP contribution in [0.4, 0.5) is 0 Å². The van der Waals surface area contributed by atoms with Crippen molar-refractivity contribution in [3.05, 3.63) is 78.4 Å². The molecule has 3 aromatic rings. The molecule has 0 aliphatic heterocycles. The zero-order valence-electron chi connectivity index (χ0n) is 13.6. The number of ether oxygens (including phenoxy) is 1. The summed E-state index contributed by atoms with van der Waals surface area (Å²) in [6.45, 7) is 3.20. The van der Waals surface area contributed by atoms with Crippen molar-refractivity contribution in [2.24, 2.45) is 0 Å². The molecule has 0 aliphatic rings. The van der Waals surface area contributed by atoms with Gasteiger partial charge in [-0.2, -0.15) is 5.10 Å². The minimum Gasteiger partial charge on any atom is -0.489 e. The maximum absolute atomic E-state index is 5.95. The molecule has 0 aliphatic carbocycles. The Bertz CT molecular complexity index is 713. The number of nitrogens with one attached hydrogen (secondary N) is 1. The van der Waals surface area contributed by atoms with Crippen molar-refractivity contribution in [2.45, 2.75) is 26.1 Å². The predicted octanol–water partition coefficient (Wildman–Crippen LogP) is 3.04. The molecular formula is C19H22N4O. The van der Waals surface area contributed by atoms with Gasteiger partial charge in [0.15, 0.2) is 0 Å². The van der Waals surface area contributed by atoms with Crippen molar-refractivity contribution in [2.75, 3.05) is 6.54 Å². The molecule has 2 heterocycles. The van der Waals surface area contributed by atoms with E-state index in [0.717, 1.165) is 37.4 Å². The number of aromatic nitrogens is 3. The number of aryl methyl sites for hydroxylation is 1. The Labute approximate surface area is 142 Å². The lowest BCUT2D eigenvalue weighted by molar-refractivity contribution is 0.301. The fourth-order valence-electron chi connectivity index (χ4n) is 2.46. The average molecular weight is 322 g/mol. The molecule has 0 unspecified atom stereocenters. The van der Waals surface area contributed by atoms with Crippen LogP contribution in [0.15, 0.2) is 67.3 Å². The molecule has 24 heavy (non-hydrogen) atoms. The van der Waals surface area contributed by atoms with E-state index < -0.39 is 0 Å². The number of hydrogen-bond acceptors (Lipinski definition) is 4. The summed E-state index contributed by atoms with van der Waals surface area (Å²) >= 11 is 0. The van der Waals surface area contributed by atoms with E-state index in [0.29, 0.717) is 6.61 Å². The SMILES string of the molecule is c1cncc(COc2ccccc2CNCCCn2cccn2)c1. The highest BCUT2D eigenvalue weighted by molar-refractivity contribution is 5.33. The minimum absolute atomic E-state index is 0.532. The summed E-state index contributed by atoms with van der Waals surface area (Å²) in [4.78, 5) is 4.11. The lowest BCUT2D eigenvalue weighted by Crippen LogP contribution is -2.17. The van der Waals surface area contributed by atoms with Gasteiger partial charge in [0.1, 0.15) is 12.4 Å². The first-order chi connectivity index (χ1) is 11.9. The maximum atomic E-state index is 5.95. The second-order valence-corrected chi connectivity index (χ2v) is 5.56. The van der Waals surface area contributed by atoms with Crippen LogP contribution in [-0.4, -0.2) is 21.3 Å². The first kappa shape index (κ1) is 16.2. The third-order valence-electron chi connectivity index (χ3n) is 3.71. The summed E-state index contributed by atoms with van der Waals surface area (Å²) in [6, 6.07) is 14.0. The summed E-state index contributed by atoms with van der Waals surface area (Å²) in [7, 11) is 0. The Hall–Kier alpha value is -2.66. The van der Waals surface area contributed by atoms with Gasteiger partial charge in [0.2, 0.25) is 0 Å². The zero-order chi connectivity index (χ0) is 16.5. The van der Waals surface area contributed by atoms with Crippen LogP contribution in [0.5, 0.6) is 5.75 Å². The van der Waals surface area contributed by atoms with Crippen LogP contribution in [0, 0.1) is 0 Å². The molecule has 0 saturated carbocycles. The molecule has 0 fully saturated rings. The van der Waals surface area contributed by atoms with Crippen molar-refractivity contribution in [1.29, 1.82) is 0 Å². The molecule has 3 rings (SSSR count). The second kappa shape index (κ2) is 8.84.